The lowest BCUT2D eigenvalue weighted by molar-refractivity contribution is 0.101. The molecule has 2 amide bonds. The van der Waals surface area contributed by atoms with Crippen LogP contribution >= 0.6 is 11.6 Å². The molecule has 1 aliphatic heterocycles. The first-order valence-corrected chi connectivity index (χ1v) is 9.88. The van der Waals surface area contributed by atoms with Gasteiger partial charge in [0.25, 0.3) is 11.8 Å². The number of hydrogen-bond donors (Lipinski definition) is 2. The normalized spacial score (nSPS) is 13.2. The van der Waals surface area contributed by atoms with Crippen LogP contribution in [0.1, 0.15) is 33.7 Å². The quantitative estimate of drug-likeness (QED) is 0.651. The molecular formula is C21H19ClN6O2. The number of carbonyl (C=O) groups is 2. The van der Waals surface area contributed by atoms with E-state index in [-0.39, 0.29) is 16.6 Å². The van der Waals surface area contributed by atoms with Gasteiger partial charge in [-0.3, -0.25) is 14.6 Å². The summed E-state index contributed by atoms with van der Waals surface area (Å²) >= 11 is 6.17. The van der Waals surface area contributed by atoms with Crippen molar-refractivity contribution >= 4 is 40.7 Å². The Kier molecular flexibility index (Phi) is 5.85. The van der Waals surface area contributed by atoms with Crippen LogP contribution in [-0.2, 0) is 0 Å². The molecule has 0 saturated carbocycles. The number of amides is 2. The van der Waals surface area contributed by atoms with E-state index in [9.17, 15) is 9.59 Å². The molecular weight excluding hydrogens is 404 g/mol. The molecule has 0 unspecified atom stereocenters. The summed E-state index contributed by atoms with van der Waals surface area (Å²) in [7, 11) is 0. The van der Waals surface area contributed by atoms with Crippen molar-refractivity contribution in [1.29, 1.82) is 0 Å². The molecule has 2 aromatic heterocycles. The lowest BCUT2D eigenvalue weighted by atomic mass is 10.2. The maximum atomic E-state index is 12.8. The second-order valence-electron chi connectivity index (χ2n) is 6.79. The molecule has 1 fully saturated rings. The molecule has 3 aromatic rings. The summed E-state index contributed by atoms with van der Waals surface area (Å²) < 4.78 is 0. The van der Waals surface area contributed by atoms with Crippen LogP contribution in [-0.4, -0.2) is 39.9 Å². The number of carbonyl (C=O) groups excluding carboxylic acids is 2. The zero-order chi connectivity index (χ0) is 20.9. The minimum atomic E-state index is -0.444. The average molecular weight is 423 g/mol. The van der Waals surface area contributed by atoms with Crippen molar-refractivity contribution < 1.29 is 9.59 Å². The van der Waals surface area contributed by atoms with E-state index in [1.165, 1.54) is 6.20 Å². The van der Waals surface area contributed by atoms with E-state index in [4.69, 9.17) is 11.6 Å². The molecule has 8 nitrogen and oxygen atoms in total. The van der Waals surface area contributed by atoms with Gasteiger partial charge in [-0.05, 0) is 43.2 Å². The van der Waals surface area contributed by atoms with Crippen molar-refractivity contribution in [3.05, 3.63) is 71.3 Å². The summed E-state index contributed by atoms with van der Waals surface area (Å²) in [6, 6.07) is 10.1. The number of halogens is 1. The van der Waals surface area contributed by atoms with Crippen LogP contribution < -0.4 is 15.5 Å². The summed E-state index contributed by atoms with van der Waals surface area (Å²) in [6.45, 7) is 1.73. The molecule has 30 heavy (non-hydrogen) atoms. The second kappa shape index (κ2) is 8.87. The minimum absolute atomic E-state index is 0.111. The molecule has 4 rings (SSSR count). The zero-order valence-electron chi connectivity index (χ0n) is 16.0. The van der Waals surface area contributed by atoms with Crippen molar-refractivity contribution in [1.82, 2.24) is 15.0 Å². The Morgan fingerprint density at radius 2 is 1.63 bits per heavy atom. The molecule has 0 spiro atoms. The summed E-state index contributed by atoms with van der Waals surface area (Å²) in [5.74, 6) is -0.212. The fourth-order valence-corrected chi connectivity index (χ4v) is 3.33. The first kappa shape index (κ1) is 19.8. The predicted octanol–water partition coefficient (Wildman–Crippen LogP) is 3.63. The molecule has 2 N–H and O–H groups in total. The summed E-state index contributed by atoms with van der Waals surface area (Å²) in [5, 5.41) is 5.75. The number of pyridine rings is 1. The van der Waals surface area contributed by atoms with Gasteiger partial charge in [0.15, 0.2) is 5.69 Å². The first-order chi connectivity index (χ1) is 14.6. The van der Waals surface area contributed by atoms with Gasteiger partial charge in [-0.1, -0.05) is 17.7 Å². The Labute approximate surface area is 178 Å². The van der Waals surface area contributed by atoms with E-state index >= 15 is 0 Å². The van der Waals surface area contributed by atoms with Crippen molar-refractivity contribution in [3.63, 3.8) is 0 Å². The van der Waals surface area contributed by atoms with Gasteiger partial charge in [0.05, 0.1) is 11.2 Å². The Morgan fingerprint density at radius 3 is 2.33 bits per heavy atom. The number of anilines is 3. The Bertz CT molecular complexity index is 1070. The van der Waals surface area contributed by atoms with Gasteiger partial charge in [0.2, 0.25) is 5.95 Å². The van der Waals surface area contributed by atoms with E-state index in [0.29, 0.717) is 22.9 Å². The van der Waals surface area contributed by atoms with Gasteiger partial charge in [0.1, 0.15) is 0 Å². The maximum absolute atomic E-state index is 12.8. The van der Waals surface area contributed by atoms with E-state index in [2.05, 4.69) is 25.6 Å². The number of nitrogens with zero attached hydrogens (tertiary/aromatic N) is 4. The van der Waals surface area contributed by atoms with Crippen molar-refractivity contribution in [2.24, 2.45) is 0 Å². The fourth-order valence-electron chi connectivity index (χ4n) is 3.16. The van der Waals surface area contributed by atoms with Gasteiger partial charge in [-0.25, -0.2) is 9.97 Å². The summed E-state index contributed by atoms with van der Waals surface area (Å²) in [5.41, 5.74) is 1.65. The number of nitrogens with one attached hydrogen (secondary N) is 2. The van der Waals surface area contributed by atoms with Gasteiger partial charge in [-0.15, -0.1) is 0 Å². The monoisotopic (exact) mass is 422 g/mol. The highest BCUT2D eigenvalue weighted by Gasteiger charge is 2.20. The van der Waals surface area contributed by atoms with Crippen LogP contribution in [0, 0.1) is 0 Å². The largest absolute Gasteiger partial charge is 0.341 e. The third kappa shape index (κ3) is 4.55. The highest BCUT2D eigenvalue weighted by Crippen LogP contribution is 2.22. The molecule has 1 aromatic carbocycles. The number of aromatic nitrogens is 3. The number of hydrogen-bond acceptors (Lipinski definition) is 6. The lowest BCUT2D eigenvalue weighted by Crippen LogP contribution is -2.23. The van der Waals surface area contributed by atoms with E-state index < -0.39 is 5.91 Å². The zero-order valence-corrected chi connectivity index (χ0v) is 16.8. The van der Waals surface area contributed by atoms with Crippen LogP contribution in [0.2, 0.25) is 5.02 Å². The fraction of sp³-hybridized carbons (Fsp3) is 0.190. The molecule has 1 aliphatic rings. The van der Waals surface area contributed by atoms with Crippen molar-refractivity contribution in [2.75, 3.05) is 28.6 Å². The molecule has 152 valence electrons. The molecule has 0 radical (unpaired) electrons. The molecule has 0 bridgehead atoms. The number of benzene rings is 1. The van der Waals surface area contributed by atoms with Crippen LogP contribution in [0.15, 0.2) is 55.0 Å². The van der Waals surface area contributed by atoms with E-state index in [0.717, 1.165) is 25.9 Å². The van der Waals surface area contributed by atoms with E-state index in [1.54, 1.807) is 48.8 Å². The van der Waals surface area contributed by atoms with Crippen LogP contribution in [0.5, 0.6) is 0 Å². The molecule has 9 heteroatoms. The van der Waals surface area contributed by atoms with Crippen LogP contribution in [0.25, 0.3) is 0 Å². The highest BCUT2D eigenvalue weighted by molar-refractivity contribution is 6.34. The molecule has 1 saturated heterocycles. The maximum Gasteiger partial charge on any atom is 0.276 e. The predicted molar refractivity (Wildman–Crippen MR) is 115 cm³/mol. The van der Waals surface area contributed by atoms with Crippen molar-refractivity contribution in [2.45, 2.75) is 12.8 Å². The third-order valence-electron chi connectivity index (χ3n) is 4.66. The Hall–Kier alpha value is -3.52. The third-order valence-corrected chi connectivity index (χ3v) is 4.93. The minimum Gasteiger partial charge on any atom is -0.341 e. The highest BCUT2D eigenvalue weighted by atomic mass is 35.5. The van der Waals surface area contributed by atoms with Gasteiger partial charge in [-0.2, -0.15) is 0 Å². The Balaban J connectivity index is 1.48. The SMILES string of the molecule is O=C(Nc1cccc(NC(=O)c2nc(N3CCCC3)ncc2Cl)c1)c1ccncc1. The van der Waals surface area contributed by atoms with Gasteiger partial charge >= 0.3 is 0 Å². The van der Waals surface area contributed by atoms with Crippen molar-refractivity contribution in [3.8, 4) is 0 Å². The summed E-state index contributed by atoms with van der Waals surface area (Å²) in [4.78, 5) is 39.6. The van der Waals surface area contributed by atoms with Crippen LogP contribution in [0.4, 0.5) is 17.3 Å². The first-order valence-electron chi connectivity index (χ1n) is 9.50. The average Bonchev–Trinajstić information content (AvgIpc) is 3.30. The van der Waals surface area contributed by atoms with Gasteiger partial charge in [0, 0.05) is 42.4 Å². The number of rotatable bonds is 5. The second-order valence-corrected chi connectivity index (χ2v) is 7.19. The Morgan fingerprint density at radius 1 is 0.967 bits per heavy atom. The molecule has 0 aliphatic carbocycles. The van der Waals surface area contributed by atoms with Gasteiger partial charge < -0.3 is 15.5 Å². The summed E-state index contributed by atoms with van der Waals surface area (Å²) in [6.07, 6.45) is 6.69. The topological polar surface area (TPSA) is 100 Å². The van der Waals surface area contributed by atoms with E-state index in [1.807, 2.05) is 4.90 Å². The smallest absolute Gasteiger partial charge is 0.276 e. The van der Waals surface area contributed by atoms with Crippen LogP contribution in [0.3, 0.4) is 0 Å². The lowest BCUT2D eigenvalue weighted by Gasteiger charge is -2.16. The standard InChI is InChI=1S/C21H19ClN6O2/c22-17-13-24-21(28-10-1-2-11-28)27-18(17)20(30)26-16-5-3-4-15(12-16)25-19(29)14-6-8-23-9-7-14/h3-9,12-13H,1-2,10-11H2,(H,25,29)(H,26,30). The molecule has 0 atom stereocenters. The molecule has 3 heterocycles.